The largest absolute Gasteiger partial charge is 0.379 e. The highest BCUT2D eigenvalue weighted by Gasteiger charge is 2.58. The zero-order valence-corrected chi connectivity index (χ0v) is 18.3. The van der Waals surface area contributed by atoms with Crippen molar-refractivity contribution in [3.05, 3.63) is 59.2 Å². The van der Waals surface area contributed by atoms with Crippen molar-refractivity contribution in [2.75, 3.05) is 17.7 Å². The summed E-state index contributed by atoms with van der Waals surface area (Å²) in [5.74, 6) is -4.56. The molecule has 0 bridgehead atoms. The van der Waals surface area contributed by atoms with E-state index in [1.165, 1.54) is 48.3 Å². The van der Waals surface area contributed by atoms with Crippen molar-refractivity contribution in [2.45, 2.75) is 30.9 Å². The Morgan fingerprint density at radius 1 is 1.42 bits per heavy atom. The molecule has 1 fully saturated rings. The highest BCUT2D eigenvalue weighted by Crippen LogP contribution is 2.47. The third kappa shape index (κ3) is 4.67. The highest BCUT2D eigenvalue weighted by molar-refractivity contribution is 8.13. The molecule has 1 unspecified atom stereocenters. The van der Waals surface area contributed by atoms with Gasteiger partial charge < -0.3 is 15.8 Å². The zero-order valence-electron chi connectivity index (χ0n) is 17.5. The van der Waals surface area contributed by atoms with Gasteiger partial charge in [0.2, 0.25) is 0 Å². The first-order chi connectivity index (χ1) is 15.6. The number of nitrogens with one attached hydrogen (secondary N) is 1. The predicted molar refractivity (Wildman–Crippen MR) is 118 cm³/mol. The number of nitrogens with two attached hydrogens (primary N) is 1. The van der Waals surface area contributed by atoms with Crippen LogP contribution in [0.15, 0.2) is 41.5 Å². The van der Waals surface area contributed by atoms with Crippen molar-refractivity contribution in [3.63, 3.8) is 0 Å². The fourth-order valence-electron chi connectivity index (χ4n) is 4.15. The average Bonchev–Trinajstić information content (AvgIpc) is 3.14. The van der Waals surface area contributed by atoms with Crippen LogP contribution in [0.25, 0.3) is 0 Å². The average molecular weight is 475 g/mol. The van der Waals surface area contributed by atoms with E-state index in [0.717, 1.165) is 6.92 Å². The van der Waals surface area contributed by atoms with Gasteiger partial charge in [-0.3, -0.25) is 9.79 Å². The van der Waals surface area contributed by atoms with Crippen LogP contribution in [0.3, 0.4) is 0 Å². The third-order valence-electron chi connectivity index (χ3n) is 5.74. The van der Waals surface area contributed by atoms with Crippen LogP contribution < -0.4 is 11.1 Å². The predicted octanol–water partition coefficient (Wildman–Crippen LogP) is 3.36. The number of ether oxygens (including phenoxy) is 1. The Morgan fingerprint density at radius 3 is 2.88 bits per heavy atom. The lowest BCUT2D eigenvalue weighted by molar-refractivity contribution is -0.113. The maximum absolute atomic E-state index is 14.7. The molecule has 1 saturated heterocycles. The van der Waals surface area contributed by atoms with Gasteiger partial charge in [-0.2, -0.15) is 5.26 Å². The van der Waals surface area contributed by atoms with Gasteiger partial charge in [-0.25, -0.2) is 18.2 Å². The molecule has 3 atom stereocenters. The van der Waals surface area contributed by atoms with Crippen LogP contribution >= 0.6 is 11.8 Å². The summed E-state index contributed by atoms with van der Waals surface area (Å²) in [6.45, 7) is 0.687. The molecule has 3 heterocycles. The summed E-state index contributed by atoms with van der Waals surface area (Å²) in [5, 5.41) is 11.7. The van der Waals surface area contributed by atoms with Crippen molar-refractivity contribution in [1.82, 2.24) is 4.98 Å². The third-order valence-corrected chi connectivity index (χ3v) is 6.65. The molecule has 1 amide bonds. The number of thioether (sulfide) groups is 1. The molecule has 11 heteroatoms. The Bertz CT molecular complexity index is 1150. The van der Waals surface area contributed by atoms with Gasteiger partial charge in [-0.15, -0.1) is 0 Å². The van der Waals surface area contributed by atoms with E-state index in [4.69, 9.17) is 15.7 Å². The molecule has 4 rings (SSSR count). The Morgan fingerprint density at radius 2 is 2.21 bits per heavy atom. The molecular weight excluding hydrogens is 455 g/mol. The second-order valence-corrected chi connectivity index (χ2v) is 9.18. The topological polar surface area (TPSA) is 113 Å². The maximum atomic E-state index is 14.7. The molecule has 0 spiro atoms. The molecule has 0 radical (unpaired) electrons. The lowest BCUT2D eigenvalue weighted by Gasteiger charge is -2.36. The van der Waals surface area contributed by atoms with Crippen LogP contribution in [0.2, 0.25) is 0 Å². The number of hydrogen-bond acceptors (Lipinski definition) is 7. The summed E-state index contributed by atoms with van der Waals surface area (Å²) in [6, 6.07) is 8.79. The minimum Gasteiger partial charge on any atom is -0.379 e. The summed E-state index contributed by atoms with van der Waals surface area (Å²) in [6.07, 6.45) is -0.0977. The molecule has 172 valence electrons. The van der Waals surface area contributed by atoms with Crippen LogP contribution in [0.5, 0.6) is 0 Å². The molecule has 1 aromatic carbocycles. The number of pyridine rings is 1. The second-order valence-electron chi connectivity index (χ2n) is 8.14. The maximum Gasteiger partial charge on any atom is 0.274 e. The standard InChI is InChI=1S/C22H20F3N5O2S/c1-21(24,25)18-15-10-33-20(27)30-22(15,11-32-18)7-13-6-14(3-4-16(13)23)29-19(31)17-5-2-12(8-26)9-28-17/h2-6,9,15,18H,7,10-11H2,1H3,(H2,27,30)(H,29,31)/t15-,18?,22+/m1/s1. The first kappa shape index (κ1) is 23.1. The Kier molecular flexibility index (Phi) is 6.07. The van der Waals surface area contributed by atoms with Crippen molar-refractivity contribution in [2.24, 2.45) is 16.6 Å². The summed E-state index contributed by atoms with van der Waals surface area (Å²) in [7, 11) is 0. The number of carbonyl (C=O) groups is 1. The number of halogens is 3. The van der Waals surface area contributed by atoms with Crippen LogP contribution in [-0.4, -0.2) is 46.0 Å². The van der Waals surface area contributed by atoms with Gasteiger partial charge >= 0.3 is 0 Å². The molecule has 0 aliphatic carbocycles. The van der Waals surface area contributed by atoms with E-state index in [1.807, 2.05) is 6.07 Å². The van der Waals surface area contributed by atoms with Gasteiger partial charge in [-0.05, 0) is 35.9 Å². The monoisotopic (exact) mass is 475 g/mol. The highest BCUT2D eigenvalue weighted by atomic mass is 32.2. The quantitative estimate of drug-likeness (QED) is 0.686. The van der Waals surface area contributed by atoms with Gasteiger partial charge in [0.1, 0.15) is 23.7 Å². The van der Waals surface area contributed by atoms with E-state index in [9.17, 15) is 18.0 Å². The summed E-state index contributed by atoms with van der Waals surface area (Å²) < 4.78 is 48.5. The summed E-state index contributed by atoms with van der Waals surface area (Å²) in [4.78, 5) is 20.9. The molecule has 3 N–H and O–H groups in total. The molecule has 1 aromatic heterocycles. The van der Waals surface area contributed by atoms with E-state index in [1.54, 1.807) is 0 Å². The minimum atomic E-state index is -3.09. The first-order valence-corrected chi connectivity index (χ1v) is 11.0. The Hall–Kier alpha value is -3.10. The van der Waals surface area contributed by atoms with Gasteiger partial charge in [0.25, 0.3) is 11.8 Å². The van der Waals surface area contributed by atoms with Crippen LogP contribution in [0, 0.1) is 23.1 Å². The van der Waals surface area contributed by atoms with E-state index in [-0.39, 0.29) is 35.2 Å². The number of nitriles is 1. The number of alkyl halides is 2. The number of aromatic nitrogens is 1. The summed E-state index contributed by atoms with van der Waals surface area (Å²) in [5.41, 5.74) is 5.65. The van der Waals surface area contributed by atoms with Crippen LogP contribution in [0.4, 0.5) is 18.9 Å². The number of anilines is 1. The van der Waals surface area contributed by atoms with Gasteiger partial charge in [-0.1, -0.05) is 11.8 Å². The summed E-state index contributed by atoms with van der Waals surface area (Å²) >= 11 is 1.18. The number of amides is 1. The lowest BCUT2D eigenvalue weighted by atomic mass is 9.78. The van der Waals surface area contributed by atoms with Gasteiger partial charge in [0.15, 0.2) is 5.17 Å². The number of hydrogen-bond donors (Lipinski definition) is 2. The van der Waals surface area contributed by atoms with E-state index in [2.05, 4.69) is 15.3 Å². The normalized spacial score (nSPS) is 24.5. The fraction of sp³-hybridized carbons (Fsp3) is 0.364. The van der Waals surface area contributed by atoms with Crippen molar-refractivity contribution >= 4 is 28.5 Å². The number of amidine groups is 1. The molecular formula is C22H20F3N5O2S. The van der Waals surface area contributed by atoms with Crippen molar-refractivity contribution < 1.29 is 22.7 Å². The zero-order chi connectivity index (χ0) is 23.8. The number of fused-ring (bicyclic) bond motifs is 1. The molecule has 2 aliphatic heterocycles. The van der Waals surface area contributed by atoms with E-state index >= 15 is 0 Å². The Labute approximate surface area is 192 Å². The van der Waals surface area contributed by atoms with Crippen molar-refractivity contribution in [3.8, 4) is 6.07 Å². The van der Waals surface area contributed by atoms with Crippen LogP contribution in [0.1, 0.15) is 28.5 Å². The SMILES string of the molecule is CC(F)(F)C1OC[C@]2(Cc3cc(NC(=O)c4ccc(C#N)cn4)ccc3F)N=C(N)SC[C@H]12. The molecule has 2 aromatic rings. The number of rotatable bonds is 5. The smallest absolute Gasteiger partial charge is 0.274 e. The first-order valence-electron chi connectivity index (χ1n) is 10.0. The Balaban J connectivity index is 1.59. The molecule has 33 heavy (non-hydrogen) atoms. The van der Waals surface area contributed by atoms with Crippen molar-refractivity contribution in [1.29, 1.82) is 5.26 Å². The molecule has 0 saturated carbocycles. The number of nitrogens with zero attached hydrogens (tertiary/aromatic N) is 3. The van der Waals surface area contributed by atoms with Gasteiger partial charge in [0.05, 0.1) is 17.7 Å². The van der Waals surface area contributed by atoms with Crippen LogP contribution in [-0.2, 0) is 11.2 Å². The molecule has 2 aliphatic rings. The second kappa shape index (κ2) is 8.68. The number of benzene rings is 1. The lowest BCUT2D eigenvalue weighted by Crippen LogP contribution is -2.49. The minimum absolute atomic E-state index is 0.0177. The number of aliphatic imine (C=N–C) groups is 1. The number of carbonyl (C=O) groups excluding carboxylic acids is 1. The van der Waals surface area contributed by atoms with Gasteiger partial charge in [0, 0.05) is 36.9 Å². The van der Waals surface area contributed by atoms with E-state index in [0.29, 0.717) is 11.3 Å². The fourth-order valence-corrected chi connectivity index (χ4v) is 5.23. The molecule has 7 nitrogen and oxygen atoms in total. The van der Waals surface area contributed by atoms with E-state index < -0.39 is 35.2 Å².